The minimum absolute atomic E-state index is 0.360. The van der Waals surface area contributed by atoms with Gasteiger partial charge in [0.25, 0.3) is 0 Å². The summed E-state index contributed by atoms with van der Waals surface area (Å²) in [5.74, 6) is 0.370. The third-order valence-electron chi connectivity index (χ3n) is 3.11. The van der Waals surface area contributed by atoms with Gasteiger partial charge in [-0.1, -0.05) is 51.3 Å². The van der Waals surface area contributed by atoms with Crippen LogP contribution in [0.5, 0.6) is 0 Å². The van der Waals surface area contributed by atoms with Crippen LogP contribution in [-0.2, 0) is 9.09 Å². The van der Waals surface area contributed by atoms with E-state index in [1.54, 1.807) is 24.3 Å². The molecule has 0 amide bonds. The molecule has 102 valence electrons. The first kappa shape index (κ1) is 15.4. The summed E-state index contributed by atoms with van der Waals surface area (Å²) in [6.45, 7) is 4.60. The van der Waals surface area contributed by atoms with E-state index in [1.165, 1.54) is 0 Å². The first-order valence-electron chi connectivity index (χ1n) is 6.63. The quantitative estimate of drug-likeness (QED) is 0.732. The van der Waals surface area contributed by atoms with Gasteiger partial charge in [0.2, 0.25) is 0 Å². The van der Waals surface area contributed by atoms with Crippen molar-refractivity contribution < 1.29 is 14.0 Å². The van der Waals surface area contributed by atoms with Crippen molar-refractivity contribution in [2.75, 3.05) is 6.61 Å². The molecule has 4 heteroatoms. The fourth-order valence-electron chi connectivity index (χ4n) is 1.80. The van der Waals surface area contributed by atoms with Gasteiger partial charge in [0.1, 0.15) is 0 Å². The summed E-state index contributed by atoms with van der Waals surface area (Å²) < 4.78 is 17.3. The average molecular weight is 270 g/mol. The second-order valence-electron chi connectivity index (χ2n) is 4.57. The Balaban J connectivity index is 2.53. The molecule has 1 N–H and O–H groups in total. The van der Waals surface area contributed by atoms with Crippen LogP contribution in [0.25, 0.3) is 0 Å². The van der Waals surface area contributed by atoms with Crippen molar-refractivity contribution in [2.24, 2.45) is 5.92 Å². The maximum absolute atomic E-state index is 12.0. The van der Waals surface area contributed by atoms with Crippen molar-refractivity contribution >= 4 is 12.9 Å². The first-order chi connectivity index (χ1) is 8.60. The highest BCUT2D eigenvalue weighted by Gasteiger charge is 2.23. The van der Waals surface area contributed by atoms with Crippen LogP contribution in [0.2, 0.25) is 0 Å². The van der Waals surface area contributed by atoms with Gasteiger partial charge in [-0.15, -0.1) is 0 Å². The Morgan fingerprint density at radius 3 is 2.50 bits per heavy atom. The molecule has 0 saturated carbocycles. The standard InChI is InChI=1S/C14H23O3P/c1-3-5-9-13(4-2)12-17-18(15,16)14-10-7-6-8-11-14/h6-8,10-11,13H,3-5,9,12H2,1-2H3,(H,15,16). The zero-order valence-corrected chi connectivity index (χ0v) is 12.1. The summed E-state index contributed by atoms with van der Waals surface area (Å²) in [6, 6.07) is 8.58. The lowest BCUT2D eigenvalue weighted by Crippen LogP contribution is -2.12. The van der Waals surface area contributed by atoms with Crippen LogP contribution >= 0.6 is 7.60 Å². The van der Waals surface area contributed by atoms with E-state index in [0.717, 1.165) is 25.7 Å². The fraction of sp³-hybridized carbons (Fsp3) is 0.571. The molecule has 0 spiro atoms. The van der Waals surface area contributed by atoms with E-state index in [9.17, 15) is 9.46 Å². The van der Waals surface area contributed by atoms with Crippen molar-refractivity contribution in [3.8, 4) is 0 Å². The summed E-state index contributed by atoms with van der Waals surface area (Å²) in [5.41, 5.74) is 0. The Hall–Kier alpha value is -0.630. The van der Waals surface area contributed by atoms with Gasteiger partial charge in [-0.05, 0) is 24.5 Å². The zero-order valence-electron chi connectivity index (χ0n) is 11.2. The summed E-state index contributed by atoms with van der Waals surface area (Å²) in [5, 5.41) is 0.371. The molecule has 1 rings (SSSR count). The van der Waals surface area contributed by atoms with E-state index in [1.807, 2.05) is 6.07 Å². The lowest BCUT2D eigenvalue weighted by molar-refractivity contribution is 0.210. The maximum atomic E-state index is 12.0. The number of hydrogen-bond acceptors (Lipinski definition) is 2. The minimum atomic E-state index is -3.64. The number of hydrogen-bond donors (Lipinski definition) is 1. The van der Waals surface area contributed by atoms with Crippen LogP contribution in [0.3, 0.4) is 0 Å². The predicted octanol–water partition coefficient (Wildman–Crippen LogP) is 3.73. The minimum Gasteiger partial charge on any atom is -0.321 e. The molecule has 0 fully saturated rings. The summed E-state index contributed by atoms with van der Waals surface area (Å²) in [7, 11) is -3.64. The number of benzene rings is 1. The number of unbranched alkanes of at least 4 members (excludes halogenated alkanes) is 1. The molecule has 3 nitrogen and oxygen atoms in total. The molecule has 0 aromatic heterocycles. The van der Waals surface area contributed by atoms with Crippen molar-refractivity contribution in [2.45, 2.75) is 39.5 Å². The Morgan fingerprint density at radius 2 is 1.94 bits per heavy atom. The van der Waals surface area contributed by atoms with E-state index < -0.39 is 7.60 Å². The molecule has 0 heterocycles. The third-order valence-corrected chi connectivity index (χ3v) is 4.56. The Bertz CT molecular complexity index is 378. The number of rotatable bonds is 8. The summed E-state index contributed by atoms with van der Waals surface area (Å²) >= 11 is 0. The van der Waals surface area contributed by atoms with Gasteiger partial charge in [0, 0.05) is 0 Å². The van der Waals surface area contributed by atoms with Gasteiger partial charge in [-0.25, -0.2) is 0 Å². The molecule has 0 aliphatic heterocycles. The monoisotopic (exact) mass is 270 g/mol. The van der Waals surface area contributed by atoms with Crippen LogP contribution in [-0.4, -0.2) is 11.5 Å². The van der Waals surface area contributed by atoms with Gasteiger partial charge >= 0.3 is 7.60 Å². The van der Waals surface area contributed by atoms with Gasteiger partial charge in [0.05, 0.1) is 11.9 Å². The van der Waals surface area contributed by atoms with Gasteiger partial charge in [-0.2, -0.15) is 0 Å². The van der Waals surface area contributed by atoms with E-state index in [-0.39, 0.29) is 0 Å². The van der Waals surface area contributed by atoms with Gasteiger partial charge in [0.15, 0.2) is 0 Å². The Labute approximate surface area is 110 Å². The Kier molecular flexibility index (Phi) is 6.62. The summed E-state index contributed by atoms with van der Waals surface area (Å²) in [4.78, 5) is 9.89. The second-order valence-corrected chi connectivity index (χ2v) is 6.38. The van der Waals surface area contributed by atoms with E-state index >= 15 is 0 Å². The highest BCUT2D eigenvalue weighted by molar-refractivity contribution is 7.61. The predicted molar refractivity (Wildman–Crippen MR) is 75.2 cm³/mol. The maximum Gasteiger partial charge on any atom is 0.358 e. The zero-order chi connectivity index (χ0) is 13.4. The molecule has 1 aromatic carbocycles. The van der Waals surface area contributed by atoms with E-state index in [2.05, 4.69) is 13.8 Å². The molecule has 0 saturated heterocycles. The van der Waals surface area contributed by atoms with Crippen LogP contribution < -0.4 is 5.30 Å². The van der Waals surface area contributed by atoms with E-state index in [0.29, 0.717) is 17.8 Å². The molecular formula is C14H23O3P. The van der Waals surface area contributed by atoms with Crippen molar-refractivity contribution in [3.63, 3.8) is 0 Å². The third kappa shape index (κ3) is 4.93. The molecule has 18 heavy (non-hydrogen) atoms. The topological polar surface area (TPSA) is 46.5 Å². The van der Waals surface area contributed by atoms with Crippen molar-refractivity contribution in [3.05, 3.63) is 30.3 Å². The largest absolute Gasteiger partial charge is 0.358 e. The molecule has 0 radical (unpaired) electrons. The fourth-order valence-corrected chi connectivity index (χ4v) is 2.91. The average Bonchev–Trinajstić information content (AvgIpc) is 2.40. The first-order valence-corrected chi connectivity index (χ1v) is 8.20. The second kappa shape index (κ2) is 7.73. The van der Waals surface area contributed by atoms with Crippen LogP contribution in [0.4, 0.5) is 0 Å². The molecule has 2 unspecified atom stereocenters. The lowest BCUT2D eigenvalue weighted by Gasteiger charge is -2.18. The van der Waals surface area contributed by atoms with Gasteiger partial charge in [-0.3, -0.25) is 4.57 Å². The van der Waals surface area contributed by atoms with Crippen LogP contribution in [0.1, 0.15) is 39.5 Å². The highest BCUT2D eigenvalue weighted by Crippen LogP contribution is 2.41. The Morgan fingerprint density at radius 1 is 1.28 bits per heavy atom. The smallest absolute Gasteiger partial charge is 0.321 e. The molecule has 0 bridgehead atoms. The highest BCUT2D eigenvalue weighted by atomic mass is 31.2. The van der Waals surface area contributed by atoms with E-state index in [4.69, 9.17) is 4.52 Å². The summed E-state index contributed by atoms with van der Waals surface area (Å²) in [6.07, 6.45) is 4.32. The molecule has 0 aliphatic carbocycles. The lowest BCUT2D eigenvalue weighted by atomic mass is 10.0. The SMILES string of the molecule is CCCCC(CC)COP(=O)(O)c1ccccc1. The molecule has 0 aliphatic rings. The normalized spacial score (nSPS) is 16.2. The molecular weight excluding hydrogens is 247 g/mol. The van der Waals surface area contributed by atoms with Crippen LogP contribution in [0.15, 0.2) is 30.3 Å². The van der Waals surface area contributed by atoms with Gasteiger partial charge < -0.3 is 9.42 Å². The van der Waals surface area contributed by atoms with Crippen molar-refractivity contribution in [1.82, 2.24) is 0 Å². The van der Waals surface area contributed by atoms with Crippen LogP contribution in [0, 0.1) is 5.92 Å². The molecule has 1 aromatic rings. The molecule has 2 atom stereocenters. The van der Waals surface area contributed by atoms with Crippen molar-refractivity contribution in [1.29, 1.82) is 0 Å².